The first-order valence-electron chi connectivity index (χ1n) is 7.01. The molecule has 114 valence electrons. The molecule has 1 aliphatic heterocycles. The van der Waals surface area contributed by atoms with Crippen molar-refractivity contribution in [1.82, 2.24) is 9.88 Å². The normalized spacial score (nSPS) is 17.5. The van der Waals surface area contributed by atoms with E-state index in [9.17, 15) is 8.42 Å². The molecule has 0 atom stereocenters. The molecule has 0 aliphatic carbocycles. The van der Waals surface area contributed by atoms with Crippen LogP contribution < -0.4 is 4.72 Å². The first-order valence-corrected chi connectivity index (χ1v) is 8.66. The summed E-state index contributed by atoms with van der Waals surface area (Å²) in [6, 6.07) is 0. The molecule has 1 fully saturated rings. The number of aromatic nitrogens is 1. The lowest BCUT2D eigenvalue weighted by Gasteiger charge is -2.21. The first-order chi connectivity index (χ1) is 9.52. The predicted octanol–water partition coefficient (Wildman–Crippen LogP) is 1.39. The number of rotatable bonds is 6. The third kappa shape index (κ3) is 4.04. The number of nitrogens with one attached hydrogen (secondary N) is 1. The van der Waals surface area contributed by atoms with Gasteiger partial charge in [-0.2, -0.15) is 0 Å². The summed E-state index contributed by atoms with van der Waals surface area (Å²) in [4.78, 5) is 0. The molecule has 0 unspecified atom stereocenters. The molecule has 0 radical (unpaired) electrons. The van der Waals surface area contributed by atoms with Gasteiger partial charge in [0.2, 0.25) is 10.0 Å². The quantitative estimate of drug-likeness (QED) is 0.859. The fraction of sp³-hybridized carbons (Fsp3) is 0.769. The van der Waals surface area contributed by atoms with Gasteiger partial charge in [-0.3, -0.25) is 0 Å². The van der Waals surface area contributed by atoms with Crippen molar-refractivity contribution >= 4 is 10.0 Å². The van der Waals surface area contributed by atoms with Crippen molar-refractivity contribution < 1.29 is 17.7 Å². The predicted molar refractivity (Wildman–Crippen MR) is 74.8 cm³/mol. The van der Waals surface area contributed by atoms with Gasteiger partial charge >= 0.3 is 0 Å². The van der Waals surface area contributed by atoms with E-state index in [1.54, 1.807) is 6.92 Å². The molecule has 0 spiro atoms. The zero-order valence-corrected chi connectivity index (χ0v) is 12.8. The number of aryl methyl sites for hydroxylation is 2. The highest BCUT2D eigenvalue weighted by Gasteiger charge is 2.22. The molecule has 1 aromatic rings. The average Bonchev–Trinajstić information content (AvgIpc) is 2.78. The highest BCUT2D eigenvalue weighted by Crippen LogP contribution is 2.17. The lowest BCUT2D eigenvalue weighted by atomic mass is 10.0. The van der Waals surface area contributed by atoms with E-state index in [-0.39, 0.29) is 18.2 Å². The fourth-order valence-corrected chi connectivity index (χ4v) is 3.84. The summed E-state index contributed by atoms with van der Waals surface area (Å²) in [6.07, 6.45) is 2.36. The van der Waals surface area contributed by atoms with Crippen LogP contribution in [0.2, 0.25) is 0 Å². The molecule has 1 saturated heterocycles. The fourth-order valence-electron chi connectivity index (χ4n) is 2.41. The standard InChI is InChI=1S/C13H22N2O4S/c1-3-13-12(10(2)19-15-13)8-14-20(16,17)9-11-4-6-18-7-5-11/h11,14H,3-9H2,1-2H3. The average molecular weight is 302 g/mol. The van der Waals surface area contributed by atoms with Gasteiger partial charge in [-0.25, -0.2) is 13.1 Å². The van der Waals surface area contributed by atoms with Gasteiger partial charge in [-0.05, 0) is 32.1 Å². The van der Waals surface area contributed by atoms with Crippen LogP contribution in [0.15, 0.2) is 4.52 Å². The van der Waals surface area contributed by atoms with Crippen LogP contribution in [0.3, 0.4) is 0 Å². The van der Waals surface area contributed by atoms with Crippen molar-refractivity contribution in [2.75, 3.05) is 19.0 Å². The zero-order valence-electron chi connectivity index (χ0n) is 12.0. The summed E-state index contributed by atoms with van der Waals surface area (Å²) in [7, 11) is -3.27. The van der Waals surface area contributed by atoms with Crippen LogP contribution in [0.1, 0.15) is 36.8 Å². The van der Waals surface area contributed by atoms with E-state index < -0.39 is 10.0 Å². The van der Waals surface area contributed by atoms with E-state index in [0.717, 1.165) is 30.5 Å². The molecular weight excluding hydrogens is 280 g/mol. The summed E-state index contributed by atoms with van der Waals surface area (Å²) in [5.74, 6) is 1.04. The number of hydrogen-bond donors (Lipinski definition) is 1. The Morgan fingerprint density at radius 3 is 2.70 bits per heavy atom. The minimum Gasteiger partial charge on any atom is -0.381 e. The van der Waals surface area contributed by atoms with Crippen molar-refractivity contribution in [3.05, 3.63) is 17.0 Å². The SMILES string of the molecule is CCc1noc(C)c1CNS(=O)(=O)CC1CCOCC1. The summed E-state index contributed by atoms with van der Waals surface area (Å²) in [6.45, 7) is 5.34. The van der Waals surface area contributed by atoms with Gasteiger partial charge in [0, 0.05) is 25.3 Å². The Hall–Kier alpha value is -0.920. The molecule has 2 heterocycles. The molecular formula is C13H22N2O4S. The summed E-state index contributed by atoms with van der Waals surface area (Å²) >= 11 is 0. The minimum absolute atomic E-state index is 0.169. The van der Waals surface area contributed by atoms with Gasteiger partial charge < -0.3 is 9.26 Å². The maximum atomic E-state index is 12.1. The van der Waals surface area contributed by atoms with E-state index in [2.05, 4.69) is 9.88 Å². The third-order valence-electron chi connectivity index (χ3n) is 3.67. The molecule has 7 heteroatoms. The van der Waals surface area contributed by atoms with E-state index in [0.29, 0.717) is 19.0 Å². The number of sulfonamides is 1. The smallest absolute Gasteiger partial charge is 0.212 e. The van der Waals surface area contributed by atoms with Crippen LogP contribution in [0.5, 0.6) is 0 Å². The second-order valence-corrected chi connectivity index (χ2v) is 7.03. The Kier molecular flexibility index (Phi) is 5.17. The highest BCUT2D eigenvalue weighted by molar-refractivity contribution is 7.89. The Morgan fingerprint density at radius 2 is 2.05 bits per heavy atom. The van der Waals surface area contributed by atoms with Crippen LogP contribution in [0.4, 0.5) is 0 Å². The van der Waals surface area contributed by atoms with Crippen LogP contribution in [-0.4, -0.2) is 32.5 Å². The van der Waals surface area contributed by atoms with Crippen molar-refractivity contribution in [2.45, 2.75) is 39.7 Å². The second kappa shape index (κ2) is 6.69. The van der Waals surface area contributed by atoms with Crippen LogP contribution >= 0.6 is 0 Å². The molecule has 1 N–H and O–H groups in total. The van der Waals surface area contributed by atoms with Crippen LogP contribution in [0.25, 0.3) is 0 Å². The monoisotopic (exact) mass is 302 g/mol. The topological polar surface area (TPSA) is 81.4 Å². The summed E-state index contributed by atoms with van der Waals surface area (Å²) in [5.41, 5.74) is 1.67. The van der Waals surface area contributed by atoms with Gasteiger partial charge in [-0.1, -0.05) is 12.1 Å². The lowest BCUT2D eigenvalue weighted by Crippen LogP contribution is -2.32. The van der Waals surface area contributed by atoms with E-state index in [1.807, 2.05) is 6.92 Å². The Labute approximate surface area is 119 Å². The molecule has 20 heavy (non-hydrogen) atoms. The number of ether oxygens (including phenoxy) is 1. The first kappa shape index (κ1) is 15.5. The van der Waals surface area contributed by atoms with Crippen molar-refractivity contribution in [2.24, 2.45) is 5.92 Å². The molecule has 0 amide bonds. The Morgan fingerprint density at radius 1 is 1.35 bits per heavy atom. The maximum absolute atomic E-state index is 12.1. The van der Waals surface area contributed by atoms with Crippen molar-refractivity contribution in [3.8, 4) is 0 Å². The van der Waals surface area contributed by atoms with Gasteiger partial charge in [0.1, 0.15) is 5.76 Å². The van der Waals surface area contributed by atoms with Crippen molar-refractivity contribution in [1.29, 1.82) is 0 Å². The summed E-state index contributed by atoms with van der Waals surface area (Å²) < 4.78 is 37.2. The third-order valence-corrected chi connectivity index (χ3v) is 5.16. The van der Waals surface area contributed by atoms with E-state index >= 15 is 0 Å². The molecule has 0 bridgehead atoms. The van der Waals surface area contributed by atoms with Crippen LogP contribution in [-0.2, 0) is 27.7 Å². The molecule has 2 rings (SSSR count). The summed E-state index contributed by atoms with van der Waals surface area (Å²) in [5, 5.41) is 3.92. The Balaban J connectivity index is 1.93. The Bertz CT molecular complexity index is 533. The number of hydrogen-bond acceptors (Lipinski definition) is 5. The molecule has 1 aromatic heterocycles. The lowest BCUT2D eigenvalue weighted by molar-refractivity contribution is 0.0723. The molecule has 0 aromatic carbocycles. The van der Waals surface area contributed by atoms with Crippen molar-refractivity contribution in [3.63, 3.8) is 0 Å². The second-order valence-electron chi connectivity index (χ2n) is 5.18. The molecule has 6 nitrogen and oxygen atoms in total. The molecule has 1 aliphatic rings. The largest absolute Gasteiger partial charge is 0.381 e. The van der Waals surface area contributed by atoms with Gasteiger partial charge in [-0.15, -0.1) is 0 Å². The maximum Gasteiger partial charge on any atom is 0.212 e. The van der Waals surface area contributed by atoms with E-state index in [1.165, 1.54) is 0 Å². The van der Waals surface area contributed by atoms with E-state index in [4.69, 9.17) is 9.26 Å². The van der Waals surface area contributed by atoms with Crippen LogP contribution in [0, 0.1) is 12.8 Å². The molecule has 0 saturated carbocycles. The van der Waals surface area contributed by atoms with Gasteiger partial charge in [0.05, 0.1) is 11.4 Å². The highest BCUT2D eigenvalue weighted by atomic mass is 32.2. The van der Waals surface area contributed by atoms with Gasteiger partial charge in [0.15, 0.2) is 0 Å². The number of nitrogens with zero attached hydrogens (tertiary/aromatic N) is 1. The van der Waals surface area contributed by atoms with Gasteiger partial charge in [0.25, 0.3) is 0 Å². The minimum atomic E-state index is -3.27. The zero-order chi connectivity index (χ0) is 14.6.